The predicted molar refractivity (Wildman–Crippen MR) is 83.1 cm³/mol. The normalized spacial score (nSPS) is 10.3. The van der Waals surface area contributed by atoms with Gasteiger partial charge in [0.1, 0.15) is 17.5 Å². The van der Waals surface area contributed by atoms with Gasteiger partial charge in [-0.05, 0) is 46.3 Å². The van der Waals surface area contributed by atoms with E-state index >= 15 is 0 Å². The van der Waals surface area contributed by atoms with E-state index in [4.69, 9.17) is 0 Å². The van der Waals surface area contributed by atoms with Gasteiger partial charge < -0.3 is 0 Å². The van der Waals surface area contributed by atoms with Gasteiger partial charge >= 0.3 is 0 Å². The standard InChI is InChI=1S/C14H7Br2F3N2O2/c15-7-1-2-8(9(17)5-7)14(23)21-20-13(22)6-3-10(18)12(16)11(19)4-6/h1-5H,(H,20,22)(H,21,23). The summed E-state index contributed by atoms with van der Waals surface area (Å²) in [6.45, 7) is 0. The average Bonchev–Trinajstić information content (AvgIpc) is 2.49. The Morgan fingerprint density at radius 2 is 1.39 bits per heavy atom. The van der Waals surface area contributed by atoms with Gasteiger partial charge in [0.2, 0.25) is 0 Å². The molecule has 0 saturated carbocycles. The Morgan fingerprint density at radius 1 is 0.826 bits per heavy atom. The molecule has 0 unspecified atom stereocenters. The number of halogens is 5. The number of rotatable bonds is 2. The van der Waals surface area contributed by atoms with E-state index in [1.165, 1.54) is 12.1 Å². The van der Waals surface area contributed by atoms with Gasteiger partial charge in [0, 0.05) is 10.0 Å². The third kappa shape index (κ3) is 4.11. The molecule has 9 heteroatoms. The van der Waals surface area contributed by atoms with Crippen LogP contribution in [0.15, 0.2) is 39.3 Å². The van der Waals surface area contributed by atoms with E-state index in [-0.39, 0.29) is 11.1 Å². The maximum absolute atomic E-state index is 13.6. The minimum absolute atomic E-state index is 0.304. The van der Waals surface area contributed by atoms with E-state index in [1.807, 2.05) is 10.9 Å². The molecule has 0 saturated heterocycles. The third-order valence-electron chi connectivity index (χ3n) is 2.71. The van der Waals surface area contributed by atoms with E-state index in [9.17, 15) is 22.8 Å². The fourth-order valence-electron chi connectivity index (χ4n) is 1.61. The SMILES string of the molecule is O=C(NNC(=O)c1ccc(Br)cc1F)c1cc(F)c(Br)c(F)c1. The lowest BCUT2D eigenvalue weighted by molar-refractivity contribution is 0.0844. The second-order valence-corrected chi connectivity index (χ2v) is 5.99. The minimum Gasteiger partial charge on any atom is -0.267 e. The van der Waals surface area contributed by atoms with Gasteiger partial charge in [0.25, 0.3) is 11.8 Å². The molecule has 0 heterocycles. The van der Waals surface area contributed by atoms with E-state index < -0.39 is 33.7 Å². The molecule has 0 aliphatic carbocycles. The molecule has 120 valence electrons. The van der Waals surface area contributed by atoms with Crippen molar-refractivity contribution in [1.29, 1.82) is 0 Å². The molecule has 0 spiro atoms. The number of carbonyl (C=O) groups is 2. The maximum atomic E-state index is 13.6. The molecule has 0 bridgehead atoms. The van der Waals surface area contributed by atoms with Crippen LogP contribution in [0.4, 0.5) is 13.2 Å². The van der Waals surface area contributed by atoms with Gasteiger partial charge in [-0.3, -0.25) is 20.4 Å². The Balaban J connectivity index is 2.08. The van der Waals surface area contributed by atoms with Crippen LogP contribution in [0.3, 0.4) is 0 Å². The Labute approximate surface area is 145 Å². The van der Waals surface area contributed by atoms with Gasteiger partial charge in [-0.2, -0.15) is 0 Å². The van der Waals surface area contributed by atoms with Crippen molar-refractivity contribution >= 4 is 43.7 Å². The quantitative estimate of drug-likeness (QED) is 0.540. The predicted octanol–water partition coefficient (Wildman–Crippen LogP) is 3.70. The second-order valence-electron chi connectivity index (χ2n) is 4.29. The molecule has 2 rings (SSSR count). The van der Waals surface area contributed by atoms with Gasteiger partial charge in [-0.1, -0.05) is 15.9 Å². The smallest absolute Gasteiger partial charge is 0.267 e. The van der Waals surface area contributed by atoms with Crippen LogP contribution in [0.1, 0.15) is 20.7 Å². The van der Waals surface area contributed by atoms with Crippen LogP contribution in [0.5, 0.6) is 0 Å². The first-order chi connectivity index (χ1) is 10.8. The number of hydrazine groups is 1. The van der Waals surface area contributed by atoms with Gasteiger partial charge in [0.05, 0.1) is 10.0 Å². The van der Waals surface area contributed by atoms with Crippen LogP contribution in [0.25, 0.3) is 0 Å². The summed E-state index contributed by atoms with van der Waals surface area (Å²) in [5, 5.41) is 0. The zero-order valence-electron chi connectivity index (χ0n) is 11.1. The Bertz CT molecular complexity index is 777. The first-order valence-electron chi connectivity index (χ1n) is 6.00. The molecule has 2 amide bonds. The zero-order chi connectivity index (χ0) is 17.1. The van der Waals surface area contributed by atoms with Crippen molar-refractivity contribution in [2.24, 2.45) is 0 Å². The monoisotopic (exact) mass is 450 g/mol. The van der Waals surface area contributed by atoms with Gasteiger partial charge in [-0.25, -0.2) is 13.2 Å². The lowest BCUT2D eigenvalue weighted by atomic mass is 10.2. The van der Waals surface area contributed by atoms with E-state index in [0.717, 1.165) is 18.2 Å². The van der Waals surface area contributed by atoms with E-state index in [0.29, 0.717) is 4.47 Å². The summed E-state index contributed by atoms with van der Waals surface area (Å²) in [5.41, 5.74) is 3.26. The number of benzene rings is 2. The lowest BCUT2D eigenvalue weighted by Gasteiger charge is -2.09. The summed E-state index contributed by atoms with van der Waals surface area (Å²) in [6.07, 6.45) is 0. The number of amides is 2. The van der Waals surface area contributed by atoms with Crippen molar-refractivity contribution in [1.82, 2.24) is 10.9 Å². The molecule has 2 aromatic rings. The molecular weight excluding hydrogens is 445 g/mol. The molecule has 2 N–H and O–H groups in total. The largest absolute Gasteiger partial charge is 0.272 e. The minimum atomic E-state index is -0.972. The van der Waals surface area contributed by atoms with Crippen molar-refractivity contribution in [3.8, 4) is 0 Å². The molecule has 4 nitrogen and oxygen atoms in total. The van der Waals surface area contributed by atoms with Crippen LogP contribution in [0.2, 0.25) is 0 Å². The molecule has 0 aliphatic heterocycles. The number of nitrogens with one attached hydrogen (secondary N) is 2. The summed E-state index contributed by atoms with van der Waals surface area (Å²) < 4.78 is 40.3. The second kappa shape index (κ2) is 7.14. The first kappa shape index (κ1) is 17.5. The maximum Gasteiger partial charge on any atom is 0.272 e. The van der Waals surface area contributed by atoms with Gasteiger partial charge in [-0.15, -0.1) is 0 Å². The van der Waals surface area contributed by atoms with Crippen molar-refractivity contribution < 1.29 is 22.8 Å². The fourth-order valence-corrected chi connectivity index (χ4v) is 2.18. The summed E-state index contributed by atoms with van der Waals surface area (Å²) in [4.78, 5) is 23.5. The lowest BCUT2D eigenvalue weighted by Crippen LogP contribution is -2.42. The van der Waals surface area contributed by atoms with Crippen LogP contribution < -0.4 is 10.9 Å². The molecule has 23 heavy (non-hydrogen) atoms. The zero-order valence-corrected chi connectivity index (χ0v) is 14.3. The molecule has 0 aromatic heterocycles. The highest BCUT2D eigenvalue weighted by atomic mass is 79.9. The average molecular weight is 452 g/mol. The van der Waals surface area contributed by atoms with Crippen molar-refractivity contribution in [3.05, 3.63) is 67.9 Å². The van der Waals surface area contributed by atoms with Crippen LogP contribution >= 0.6 is 31.9 Å². The van der Waals surface area contributed by atoms with Crippen LogP contribution in [-0.2, 0) is 0 Å². The Hall–Kier alpha value is -1.87. The summed E-state index contributed by atoms with van der Waals surface area (Å²) >= 11 is 5.71. The number of hydrogen-bond donors (Lipinski definition) is 2. The van der Waals surface area contributed by atoms with Gasteiger partial charge in [0.15, 0.2) is 0 Å². The molecule has 0 aliphatic rings. The molecule has 0 atom stereocenters. The summed E-state index contributed by atoms with van der Waals surface area (Å²) in [5.74, 6) is -4.62. The van der Waals surface area contributed by atoms with E-state index in [1.54, 1.807) is 0 Å². The highest BCUT2D eigenvalue weighted by Gasteiger charge is 2.16. The van der Waals surface area contributed by atoms with E-state index in [2.05, 4.69) is 31.9 Å². The molecule has 0 fully saturated rings. The topological polar surface area (TPSA) is 58.2 Å². The van der Waals surface area contributed by atoms with Crippen LogP contribution in [-0.4, -0.2) is 11.8 Å². The Kier molecular flexibility index (Phi) is 5.42. The van der Waals surface area contributed by atoms with Crippen molar-refractivity contribution in [3.63, 3.8) is 0 Å². The van der Waals surface area contributed by atoms with Crippen LogP contribution in [0, 0.1) is 17.5 Å². The summed E-state index contributed by atoms with van der Waals surface area (Å²) in [6, 6.07) is 5.30. The third-order valence-corrected chi connectivity index (χ3v) is 3.96. The number of hydrogen-bond acceptors (Lipinski definition) is 2. The Morgan fingerprint density at radius 3 is 1.96 bits per heavy atom. The summed E-state index contributed by atoms with van der Waals surface area (Å²) in [7, 11) is 0. The molecule has 0 radical (unpaired) electrons. The van der Waals surface area contributed by atoms with Crippen molar-refractivity contribution in [2.75, 3.05) is 0 Å². The highest BCUT2D eigenvalue weighted by molar-refractivity contribution is 9.10. The first-order valence-corrected chi connectivity index (χ1v) is 7.58. The highest BCUT2D eigenvalue weighted by Crippen LogP contribution is 2.21. The fraction of sp³-hybridized carbons (Fsp3) is 0. The molecule has 2 aromatic carbocycles. The van der Waals surface area contributed by atoms with Crippen molar-refractivity contribution in [2.45, 2.75) is 0 Å². The number of carbonyl (C=O) groups excluding carboxylic acids is 2. The molecular formula is C14H7Br2F3N2O2.